The first-order valence-corrected chi connectivity index (χ1v) is 5.41. The Labute approximate surface area is 72.3 Å². The number of alkyl halides is 1. The van der Waals surface area contributed by atoms with Gasteiger partial charge in [0.15, 0.2) is 3.26 Å². The largest absolute Gasteiger partial charge is 0.616 e. The number of hydrogen-bond acceptors (Lipinski definition) is 2. The Bertz CT molecular complexity index is 89.4. The molecule has 0 aromatic carbocycles. The molecular weight excluding hydrogens is 251 g/mol. The second-order valence-electron chi connectivity index (χ2n) is 2.47. The van der Waals surface area contributed by atoms with E-state index in [1.807, 2.05) is 22.6 Å². The molecular formula is C5H11IO2S. The molecule has 0 spiro atoms. The minimum absolute atomic E-state index is 0.185. The monoisotopic (exact) mass is 262 g/mol. The van der Waals surface area contributed by atoms with Gasteiger partial charge in [0.1, 0.15) is 5.60 Å². The number of aliphatic hydroxyl groups is 1. The van der Waals surface area contributed by atoms with Gasteiger partial charge in [0.2, 0.25) is 0 Å². The van der Waals surface area contributed by atoms with Gasteiger partial charge < -0.3 is 9.66 Å². The molecule has 0 radical (unpaired) electrons. The minimum Gasteiger partial charge on any atom is -0.616 e. The highest BCUT2D eigenvalue weighted by Crippen LogP contribution is 2.22. The van der Waals surface area contributed by atoms with Crippen LogP contribution >= 0.6 is 22.6 Å². The van der Waals surface area contributed by atoms with Gasteiger partial charge in [-0.3, -0.25) is 0 Å². The van der Waals surface area contributed by atoms with E-state index in [0.717, 1.165) is 0 Å². The summed E-state index contributed by atoms with van der Waals surface area (Å²) in [5, 5.41) is 9.26. The van der Waals surface area contributed by atoms with Crippen LogP contribution in [0, 0.1) is 0 Å². The highest BCUT2D eigenvalue weighted by atomic mass is 127. The molecule has 0 aliphatic carbocycles. The molecule has 0 saturated heterocycles. The van der Waals surface area contributed by atoms with Crippen molar-refractivity contribution in [2.24, 2.45) is 0 Å². The molecule has 0 aromatic rings. The molecule has 0 fully saturated rings. The summed E-state index contributed by atoms with van der Waals surface area (Å²) in [6.07, 6.45) is 1.59. The summed E-state index contributed by atoms with van der Waals surface area (Å²) in [7, 11) is 0. The third kappa shape index (κ3) is 3.64. The van der Waals surface area contributed by atoms with Crippen molar-refractivity contribution < 1.29 is 9.66 Å². The highest BCUT2D eigenvalue weighted by Gasteiger charge is 2.31. The van der Waals surface area contributed by atoms with Crippen molar-refractivity contribution in [1.29, 1.82) is 0 Å². The summed E-state index contributed by atoms with van der Waals surface area (Å²) in [5.41, 5.74) is -0.833. The van der Waals surface area contributed by atoms with Gasteiger partial charge in [-0.1, -0.05) is 0 Å². The molecule has 2 nitrogen and oxygen atoms in total. The normalized spacial score (nSPS) is 19.3. The molecule has 56 valence electrons. The topological polar surface area (TPSA) is 43.3 Å². The van der Waals surface area contributed by atoms with Gasteiger partial charge >= 0.3 is 0 Å². The zero-order valence-electron chi connectivity index (χ0n) is 5.72. The van der Waals surface area contributed by atoms with Crippen molar-refractivity contribution in [2.75, 3.05) is 6.26 Å². The van der Waals surface area contributed by atoms with Crippen LogP contribution in [0.2, 0.25) is 0 Å². The van der Waals surface area contributed by atoms with Crippen molar-refractivity contribution in [1.82, 2.24) is 0 Å². The molecule has 4 heteroatoms. The second kappa shape index (κ2) is 3.41. The fourth-order valence-electron chi connectivity index (χ4n) is 0.406. The van der Waals surface area contributed by atoms with Crippen molar-refractivity contribution in [2.45, 2.75) is 22.7 Å². The molecule has 0 aromatic heterocycles. The lowest BCUT2D eigenvalue weighted by Crippen LogP contribution is -2.36. The summed E-state index contributed by atoms with van der Waals surface area (Å²) >= 11 is 1.04. The smallest absolute Gasteiger partial charge is 0.192 e. The van der Waals surface area contributed by atoms with E-state index in [2.05, 4.69) is 0 Å². The fraction of sp³-hybridized carbons (Fsp3) is 1.00. The Morgan fingerprint density at radius 2 is 2.00 bits per heavy atom. The predicted octanol–water partition coefficient (Wildman–Crippen LogP) is 0.897. The average Bonchev–Trinajstić information content (AvgIpc) is 1.62. The third-order valence-corrected chi connectivity index (χ3v) is 5.68. The lowest BCUT2D eigenvalue weighted by atomic mass is 10.2. The van der Waals surface area contributed by atoms with Crippen LogP contribution in [0.3, 0.4) is 0 Å². The summed E-state index contributed by atoms with van der Waals surface area (Å²) in [4.78, 5) is 0. The molecule has 1 N–H and O–H groups in total. The molecule has 0 saturated carbocycles. The first-order valence-electron chi connectivity index (χ1n) is 2.54. The van der Waals surface area contributed by atoms with Gasteiger partial charge in [-0.25, -0.2) is 0 Å². The van der Waals surface area contributed by atoms with E-state index in [-0.39, 0.29) is 3.26 Å². The van der Waals surface area contributed by atoms with E-state index in [9.17, 15) is 9.66 Å². The second-order valence-corrected chi connectivity index (χ2v) is 6.03. The molecule has 0 aliphatic rings. The van der Waals surface area contributed by atoms with Crippen molar-refractivity contribution in [3.63, 3.8) is 0 Å². The van der Waals surface area contributed by atoms with Crippen LogP contribution in [0.15, 0.2) is 0 Å². The standard InChI is InChI=1S/C5H11IO2S/c1-5(2,7)4(6)9(3)8/h4,7H,1-3H3/t4?,9-/m1/s1. The maximum atomic E-state index is 10.7. The Kier molecular flexibility index (Phi) is 3.79. The van der Waals surface area contributed by atoms with Crippen LogP contribution in [-0.2, 0) is 11.2 Å². The Hall–Kier alpha value is 1.00. The first kappa shape index (κ1) is 10.0. The van der Waals surface area contributed by atoms with Gasteiger partial charge in [-0.2, -0.15) is 0 Å². The molecule has 9 heavy (non-hydrogen) atoms. The van der Waals surface area contributed by atoms with E-state index < -0.39 is 16.8 Å². The minimum atomic E-state index is -0.943. The lowest BCUT2D eigenvalue weighted by Gasteiger charge is -2.23. The molecule has 0 rings (SSSR count). The molecule has 0 heterocycles. The Morgan fingerprint density at radius 3 is 2.00 bits per heavy atom. The van der Waals surface area contributed by atoms with Crippen LogP contribution in [-0.4, -0.2) is 24.8 Å². The number of halogens is 1. The maximum absolute atomic E-state index is 10.7. The summed E-state index contributed by atoms with van der Waals surface area (Å²) < 4.78 is 10.5. The SMILES string of the molecule is C[S@@+]([O-])C(I)C(C)(C)O. The van der Waals surface area contributed by atoms with Gasteiger partial charge in [0.05, 0.1) is 6.26 Å². The van der Waals surface area contributed by atoms with Crippen molar-refractivity contribution >= 4 is 33.8 Å². The number of rotatable bonds is 2. The average molecular weight is 262 g/mol. The van der Waals surface area contributed by atoms with Crippen LogP contribution in [0.1, 0.15) is 13.8 Å². The summed E-state index contributed by atoms with van der Waals surface area (Å²) in [6, 6.07) is 0. The molecule has 0 aliphatic heterocycles. The fourth-order valence-corrected chi connectivity index (χ4v) is 1.22. The van der Waals surface area contributed by atoms with Crippen LogP contribution < -0.4 is 0 Å². The van der Waals surface area contributed by atoms with Crippen molar-refractivity contribution in [3.8, 4) is 0 Å². The molecule has 0 bridgehead atoms. The number of hydrogen-bond donors (Lipinski definition) is 1. The predicted molar refractivity (Wildman–Crippen MR) is 48.2 cm³/mol. The van der Waals surface area contributed by atoms with Gasteiger partial charge in [-0.05, 0) is 47.6 Å². The molecule has 0 amide bonds. The quantitative estimate of drug-likeness (QED) is 0.456. The van der Waals surface area contributed by atoms with Crippen molar-refractivity contribution in [3.05, 3.63) is 0 Å². The third-order valence-electron chi connectivity index (χ3n) is 0.847. The highest BCUT2D eigenvalue weighted by molar-refractivity contribution is 14.1. The Morgan fingerprint density at radius 1 is 1.67 bits per heavy atom. The zero-order chi connectivity index (χ0) is 7.65. The zero-order valence-corrected chi connectivity index (χ0v) is 8.69. The van der Waals surface area contributed by atoms with Crippen LogP contribution in [0.4, 0.5) is 0 Å². The van der Waals surface area contributed by atoms with Gasteiger partial charge in [-0.15, -0.1) is 0 Å². The molecule has 2 atom stereocenters. The van der Waals surface area contributed by atoms with E-state index in [0.29, 0.717) is 0 Å². The van der Waals surface area contributed by atoms with Gasteiger partial charge in [0, 0.05) is 0 Å². The van der Waals surface area contributed by atoms with Crippen LogP contribution in [0.25, 0.3) is 0 Å². The first-order chi connectivity index (χ1) is 3.85. The lowest BCUT2D eigenvalue weighted by molar-refractivity contribution is 0.100. The van der Waals surface area contributed by atoms with E-state index in [1.54, 1.807) is 20.1 Å². The van der Waals surface area contributed by atoms with E-state index >= 15 is 0 Å². The Balaban J connectivity index is 3.88. The maximum Gasteiger partial charge on any atom is 0.192 e. The molecule has 1 unspecified atom stereocenters. The van der Waals surface area contributed by atoms with Crippen LogP contribution in [0.5, 0.6) is 0 Å². The summed E-state index contributed by atoms with van der Waals surface area (Å²) in [5.74, 6) is 0. The van der Waals surface area contributed by atoms with E-state index in [4.69, 9.17) is 0 Å². The van der Waals surface area contributed by atoms with E-state index in [1.165, 1.54) is 0 Å². The van der Waals surface area contributed by atoms with Gasteiger partial charge in [0.25, 0.3) is 0 Å². The summed E-state index contributed by atoms with van der Waals surface area (Å²) in [6.45, 7) is 3.32.